The average molecular weight is 388 g/mol. The number of rotatable bonds is 8. The van der Waals surface area contributed by atoms with E-state index in [2.05, 4.69) is 0 Å². The molecule has 0 bridgehead atoms. The summed E-state index contributed by atoms with van der Waals surface area (Å²) in [5.41, 5.74) is 1.61. The van der Waals surface area contributed by atoms with Gasteiger partial charge in [0.1, 0.15) is 6.54 Å². The predicted octanol–water partition coefficient (Wildman–Crippen LogP) is 3.72. The van der Waals surface area contributed by atoms with E-state index in [0.717, 1.165) is 25.0 Å². The second-order valence-corrected chi connectivity index (χ2v) is 7.54. The van der Waals surface area contributed by atoms with E-state index in [1.165, 1.54) is 0 Å². The molecule has 3 rings (SSSR count). The summed E-state index contributed by atoms with van der Waals surface area (Å²) in [5, 5.41) is 0.520. The van der Waals surface area contributed by atoms with Gasteiger partial charge in [-0.1, -0.05) is 24.6 Å². The maximum Gasteiger partial charge on any atom is 0.254 e. The SMILES string of the molecule is CCCN(CC(=O)N(Cc1cccn1C)C1CC1)C(=O)c1cccc(Cl)c1. The molecule has 1 heterocycles. The van der Waals surface area contributed by atoms with E-state index in [0.29, 0.717) is 23.7 Å². The zero-order chi connectivity index (χ0) is 19.4. The molecule has 6 heteroatoms. The first-order valence-electron chi connectivity index (χ1n) is 9.44. The third-order valence-electron chi connectivity index (χ3n) is 4.87. The monoisotopic (exact) mass is 387 g/mol. The van der Waals surface area contributed by atoms with E-state index in [-0.39, 0.29) is 24.4 Å². The fraction of sp³-hybridized carbons (Fsp3) is 0.429. The highest BCUT2D eigenvalue weighted by Gasteiger charge is 2.34. The van der Waals surface area contributed by atoms with E-state index < -0.39 is 0 Å². The Morgan fingerprint density at radius 1 is 1.22 bits per heavy atom. The highest BCUT2D eigenvalue weighted by molar-refractivity contribution is 6.30. The summed E-state index contributed by atoms with van der Waals surface area (Å²) < 4.78 is 2.03. The summed E-state index contributed by atoms with van der Waals surface area (Å²) in [4.78, 5) is 29.5. The second-order valence-electron chi connectivity index (χ2n) is 7.10. The Labute approximate surface area is 165 Å². The van der Waals surface area contributed by atoms with Gasteiger partial charge in [-0.3, -0.25) is 9.59 Å². The molecule has 0 atom stereocenters. The molecule has 2 amide bonds. The summed E-state index contributed by atoms with van der Waals surface area (Å²) in [6.07, 6.45) is 4.84. The molecule has 0 radical (unpaired) electrons. The van der Waals surface area contributed by atoms with Gasteiger partial charge < -0.3 is 14.4 Å². The van der Waals surface area contributed by atoms with Crippen molar-refractivity contribution in [2.45, 2.75) is 38.8 Å². The molecule has 2 aromatic rings. The van der Waals surface area contributed by atoms with Crippen molar-refractivity contribution in [2.24, 2.45) is 7.05 Å². The Balaban J connectivity index is 1.73. The Kier molecular flexibility index (Phi) is 6.22. The fourth-order valence-corrected chi connectivity index (χ4v) is 3.41. The van der Waals surface area contributed by atoms with Crippen molar-refractivity contribution in [2.75, 3.05) is 13.1 Å². The van der Waals surface area contributed by atoms with Crippen LogP contribution in [0.15, 0.2) is 42.6 Å². The Morgan fingerprint density at radius 2 is 2.00 bits per heavy atom. The molecule has 1 fully saturated rings. The molecule has 0 unspecified atom stereocenters. The molecule has 0 spiro atoms. The van der Waals surface area contributed by atoms with Gasteiger partial charge in [-0.05, 0) is 49.6 Å². The van der Waals surface area contributed by atoms with E-state index >= 15 is 0 Å². The number of hydrogen-bond donors (Lipinski definition) is 0. The lowest BCUT2D eigenvalue weighted by molar-refractivity contribution is -0.133. The van der Waals surface area contributed by atoms with Crippen LogP contribution in [0.1, 0.15) is 42.2 Å². The average Bonchev–Trinajstić information content (AvgIpc) is 3.41. The summed E-state index contributed by atoms with van der Waals surface area (Å²) in [6.45, 7) is 3.23. The van der Waals surface area contributed by atoms with Crippen molar-refractivity contribution in [1.82, 2.24) is 14.4 Å². The highest BCUT2D eigenvalue weighted by Crippen LogP contribution is 2.28. The first-order chi connectivity index (χ1) is 13.0. The maximum atomic E-state index is 13.0. The van der Waals surface area contributed by atoms with Crippen LogP contribution < -0.4 is 0 Å². The standard InChI is InChI=1S/C21H26ClN3O2/c1-3-11-24(21(27)16-6-4-7-17(22)13-16)15-20(26)25(18-9-10-18)14-19-8-5-12-23(19)2/h4-8,12-13,18H,3,9-11,14-15H2,1-2H3. The highest BCUT2D eigenvalue weighted by atomic mass is 35.5. The Morgan fingerprint density at radius 3 is 2.59 bits per heavy atom. The molecule has 5 nitrogen and oxygen atoms in total. The van der Waals surface area contributed by atoms with Crippen molar-refractivity contribution >= 4 is 23.4 Å². The van der Waals surface area contributed by atoms with Crippen LogP contribution in [0.25, 0.3) is 0 Å². The summed E-state index contributed by atoms with van der Waals surface area (Å²) in [6, 6.07) is 11.2. The Bertz CT molecular complexity index is 813. The van der Waals surface area contributed by atoms with Gasteiger partial charge in [-0.2, -0.15) is 0 Å². The van der Waals surface area contributed by atoms with Gasteiger partial charge in [0.25, 0.3) is 5.91 Å². The summed E-state index contributed by atoms with van der Waals surface area (Å²) >= 11 is 6.02. The van der Waals surface area contributed by atoms with Crippen LogP contribution in [0.3, 0.4) is 0 Å². The number of aryl methyl sites for hydroxylation is 1. The lowest BCUT2D eigenvalue weighted by Gasteiger charge is -2.28. The summed E-state index contributed by atoms with van der Waals surface area (Å²) in [5.74, 6) is -0.148. The number of carbonyl (C=O) groups is 2. The van der Waals surface area contributed by atoms with Crippen LogP contribution >= 0.6 is 11.6 Å². The van der Waals surface area contributed by atoms with E-state index in [1.807, 2.05) is 41.8 Å². The molecule has 0 N–H and O–H groups in total. The van der Waals surface area contributed by atoms with Crippen LogP contribution in [0.5, 0.6) is 0 Å². The fourth-order valence-electron chi connectivity index (χ4n) is 3.22. The first kappa shape index (κ1) is 19.5. The van der Waals surface area contributed by atoms with Crippen molar-refractivity contribution in [3.8, 4) is 0 Å². The molecular formula is C21H26ClN3O2. The van der Waals surface area contributed by atoms with E-state index in [4.69, 9.17) is 11.6 Å². The zero-order valence-electron chi connectivity index (χ0n) is 15.9. The number of hydrogen-bond acceptors (Lipinski definition) is 2. The van der Waals surface area contributed by atoms with E-state index in [1.54, 1.807) is 29.2 Å². The van der Waals surface area contributed by atoms with Crippen LogP contribution in [0.2, 0.25) is 5.02 Å². The number of nitrogens with zero attached hydrogens (tertiary/aromatic N) is 3. The van der Waals surface area contributed by atoms with Crippen molar-refractivity contribution < 1.29 is 9.59 Å². The van der Waals surface area contributed by atoms with Crippen molar-refractivity contribution in [3.05, 3.63) is 58.9 Å². The van der Waals surface area contributed by atoms with Gasteiger partial charge in [0, 0.05) is 42.1 Å². The van der Waals surface area contributed by atoms with Crippen molar-refractivity contribution in [1.29, 1.82) is 0 Å². The van der Waals surface area contributed by atoms with Crippen LogP contribution in [-0.4, -0.2) is 45.3 Å². The molecule has 0 saturated heterocycles. The smallest absolute Gasteiger partial charge is 0.254 e. The molecule has 1 aromatic heterocycles. The number of amides is 2. The minimum atomic E-state index is -0.151. The lowest BCUT2D eigenvalue weighted by atomic mass is 10.2. The predicted molar refractivity (Wildman–Crippen MR) is 107 cm³/mol. The molecule has 1 saturated carbocycles. The van der Waals surface area contributed by atoms with E-state index in [9.17, 15) is 9.59 Å². The third-order valence-corrected chi connectivity index (χ3v) is 5.11. The minimum absolute atomic E-state index is 0.00234. The number of carbonyl (C=O) groups excluding carboxylic acids is 2. The van der Waals surface area contributed by atoms with Crippen molar-refractivity contribution in [3.63, 3.8) is 0 Å². The van der Waals surface area contributed by atoms with Gasteiger partial charge in [0.2, 0.25) is 5.91 Å². The maximum absolute atomic E-state index is 13.0. The largest absolute Gasteiger partial charge is 0.353 e. The molecule has 0 aliphatic heterocycles. The zero-order valence-corrected chi connectivity index (χ0v) is 16.7. The number of aromatic nitrogens is 1. The second kappa shape index (κ2) is 8.61. The lowest BCUT2D eigenvalue weighted by Crippen LogP contribution is -2.44. The van der Waals surface area contributed by atoms with Crippen LogP contribution in [0.4, 0.5) is 0 Å². The molecule has 1 aliphatic rings. The molecule has 1 aromatic carbocycles. The number of benzene rings is 1. The summed E-state index contributed by atoms with van der Waals surface area (Å²) in [7, 11) is 1.98. The number of halogens is 1. The minimum Gasteiger partial charge on any atom is -0.353 e. The quantitative estimate of drug-likeness (QED) is 0.693. The third kappa shape index (κ3) is 4.92. The first-order valence-corrected chi connectivity index (χ1v) is 9.82. The van der Waals surface area contributed by atoms with Gasteiger partial charge in [0.05, 0.1) is 6.54 Å². The van der Waals surface area contributed by atoms with Gasteiger partial charge in [-0.15, -0.1) is 0 Å². The Hall–Kier alpha value is -2.27. The van der Waals surface area contributed by atoms with Gasteiger partial charge in [0.15, 0.2) is 0 Å². The van der Waals surface area contributed by atoms with Gasteiger partial charge in [-0.25, -0.2) is 0 Å². The normalized spacial score (nSPS) is 13.4. The van der Waals surface area contributed by atoms with Gasteiger partial charge >= 0.3 is 0 Å². The molecule has 27 heavy (non-hydrogen) atoms. The molecule has 144 valence electrons. The van der Waals surface area contributed by atoms with Crippen LogP contribution in [0, 0.1) is 0 Å². The topological polar surface area (TPSA) is 45.6 Å². The molecule has 1 aliphatic carbocycles. The molecular weight excluding hydrogens is 362 g/mol. The van der Waals surface area contributed by atoms with Crippen LogP contribution in [-0.2, 0) is 18.4 Å².